The van der Waals surface area contributed by atoms with Crippen molar-refractivity contribution in [1.29, 1.82) is 0 Å². The summed E-state index contributed by atoms with van der Waals surface area (Å²) in [7, 11) is 0. The molecule has 108 valence electrons. The molecule has 2 unspecified atom stereocenters. The molecule has 1 saturated heterocycles. The van der Waals surface area contributed by atoms with Gasteiger partial charge in [-0.25, -0.2) is 4.79 Å². The van der Waals surface area contributed by atoms with E-state index in [4.69, 9.17) is 21.1 Å². The molecular weight excluding hydrogens is 286 g/mol. The number of aliphatic carboxylic acids is 1. The number of amides is 1. The summed E-state index contributed by atoms with van der Waals surface area (Å²) < 4.78 is 10.3. The van der Waals surface area contributed by atoms with Crippen LogP contribution in [0.15, 0.2) is 24.3 Å². The van der Waals surface area contributed by atoms with Crippen molar-refractivity contribution >= 4 is 23.5 Å². The van der Waals surface area contributed by atoms with Gasteiger partial charge in [-0.2, -0.15) is 0 Å². The minimum atomic E-state index is -1.16. The van der Waals surface area contributed by atoms with Gasteiger partial charge in [-0.1, -0.05) is 23.7 Å². The molecule has 7 heteroatoms. The zero-order chi connectivity index (χ0) is 14.5. The van der Waals surface area contributed by atoms with Gasteiger partial charge in [0, 0.05) is 5.02 Å². The molecule has 1 fully saturated rings. The fourth-order valence-corrected chi connectivity index (χ4v) is 1.94. The quantitative estimate of drug-likeness (QED) is 0.866. The Labute approximate surface area is 120 Å². The summed E-state index contributed by atoms with van der Waals surface area (Å²) in [5, 5.41) is 12.2. The van der Waals surface area contributed by atoms with E-state index in [2.05, 4.69) is 5.32 Å². The van der Waals surface area contributed by atoms with Crippen LogP contribution in [0.3, 0.4) is 0 Å². The third-order valence-electron chi connectivity index (χ3n) is 2.85. The van der Waals surface area contributed by atoms with E-state index in [0.29, 0.717) is 23.8 Å². The molecule has 1 aliphatic heterocycles. The lowest BCUT2D eigenvalue weighted by Crippen LogP contribution is -2.45. The highest BCUT2D eigenvalue weighted by atomic mass is 35.5. The minimum absolute atomic E-state index is 0.124. The number of hydrogen-bond acceptors (Lipinski definition) is 4. The predicted octanol–water partition coefficient (Wildman–Crippen LogP) is 0.997. The normalized spacial score (nSPS) is 20.1. The van der Waals surface area contributed by atoms with Gasteiger partial charge in [0.15, 0.2) is 12.1 Å². The summed E-state index contributed by atoms with van der Waals surface area (Å²) in [4.78, 5) is 23.2. The van der Waals surface area contributed by atoms with E-state index in [1.165, 1.54) is 0 Å². The molecule has 1 aliphatic rings. The third kappa shape index (κ3) is 3.69. The van der Waals surface area contributed by atoms with Gasteiger partial charge >= 0.3 is 5.97 Å². The third-order valence-corrected chi connectivity index (χ3v) is 3.10. The van der Waals surface area contributed by atoms with E-state index < -0.39 is 24.0 Å². The van der Waals surface area contributed by atoms with Crippen molar-refractivity contribution in [2.24, 2.45) is 0 Å². The van der Waals surface area contributed by atoms with E-state index >= 15 is 0 Å². The summed E-state index contributed by atoms with van der Waals surface area (Å²) in [5.74, 6) is -1.66. The molecule has 0 aromatic heterocycles. The molecule has 1 aromatic carbocycles. The molecule has 6 nitrogen and oxygen atoms in total. The monoisotopic (exact) mass is 299 g/mol. The number of hydrogen-bond donors (Lipinski definition) is 2. The largest absolute Gasteiger partial charge is 0.479 e. The molecule has 2 N–H and O–H groups in total. The highest BCUT2D eigenvalue weighted by Gasteiger charge is 2.28. The number of halogens is 1. The SMILES string of the molecule is O=C(NC(C(=O)O)c1ccc(Cl)cc1)C1COCCO1. The van der Waals surface area contributed by atoms with Crippen molar-refractivity contribution in [3.05, 3.63) is 34.9 Å². The molecule has 20 heavy (non-hydrogen) atoms. The Hall–Kier alpha value is -1.63. The Morgan fingerprint density at radius 1 is 1.30 bits per heavy atom. The van der Waals surface area contributed by atoms with Gasteiger partial charge in [-0.3, -0.25) is 4.79 Å². The molecule has 1 heterocycles. The number of carbonyl (C=O) groups excluding carboxylic acids is 1. The van der Waals surface area contributed by atoms with Crippen LogP contribution in [-0.2, 0) is 19.1 Å². The van der Waals surface area contributed by atoms with Crippen molar-refractivity contribution in [1.82, 2.24) is 5.32 Å². The van der Waals surface area contributed by atoms with Crippen molar-refractivity contribution in [2.75, 3.05) is 19.8 Å². The summed E-state index contributed by atoms with van der Waals surface area (Å²) in [5.41, 5.74) is 0.437. The second-order valence-electron chi connectivity index (χ2n) is 4.27. The number of nitrogens with one attached hydrogen (secondary N) is 1. The molecule has 1 amide bonds. The van der Waals surface area contributed by atoms with Crippen molar-refractivity contribution < 1.29 is 24.2 Å². The first-order valence-corrected chi connectivity index (χ1v) is 6.43. The summed E-state index contributed by atoms with van der Waals surface area (Å²) in [6, 6.07) is 5.10. The standard InChI is InChI=1S/C13H14ClNO5/c14-9-3-1-8(2-4-9)11(13(17)18)15-12(16)10-7-19-5-6-20-10/h1-4,10-11H,5-7H2,(H,15,16)(H,17,18). The molecule has 0 saturated carbocycles. The molecule has 0 aliphatic carbocycles. The van der Waals surface area contributed by atoms with Gasteiger partial charge in [0.05, 0.1) is 19.8 Å². The van der Waals surface area contributed by atoms with Gasteiger partial charge in [-0.15, -0.1) is 0 Å². The first kappa shape index (κ1) is 14.8. The van der Waals surface area contributed by atoms with Gasteiger partial charge < -0.3 is 19.9 Å². The lowest BCUT2D eigenvalue weighted by molar-refractivity contribution is -0.152. The smallest absolute Gasteiger partial charge is 0.330 e. The van der Waals surface area contributed by atoms with Crippen LogP contribution in [-0.4, -0.2) is 42.9 Å². The van der Waals surface area contributed by atoms with Crippen LogP contribution < -0.4 is 5.32 Å². The average molecular weight is 300 g/mol. The Bertz CT molecular complexity index is 484. The fraction of sp³-hybridized carbons (Fsp3) is 0.385. The van der Waals surface area contributed by atoms with Gasteiger partial charge in [-0.05, 0) is 17.7 Å². The van der Waals surface area contributed by atoms with E-state index in [0.717, 1.165) is 0 Å². The fourth-order valence-electron chi connectivity index (χ4n) is 1.82. The van der Waals surface area contributed by atoms with Crippen LogP contribution in [0, 0.1) is 0 Å². The molecule has 1 aromatic rings. The highest BCUT2D eigenvalue weighted by Crippen LogP contribution is 2.17. The number of carbonyl (C=O) groups is 2. The maximum absolute atomic E-state index is 11.9. The first-order valence-electron chi connectivity index (χ1n) is 6.06. The summed E-state index contributed by atoms with van der Waals surface area (Å²) in [6.45, 7) is 0.874. The van der Waals surface area contributed by atoms with E-state index in [1.54, 1.807) is 24.3 Å². The van der Waals surface area contributed by atoms with Gasteiger partial charge in [0.1, 0.15) is 0 Å². The zero-order valence-corrected chi connectivity index (χ0v) is 11.3. The maximum atomic E-state index is 11.9. The second kappa shape index (κ2) is 6.69. The maximum Gasteiger partial charge on any atom is 0.330 e. The van der Waals surface area contributed by atoms with Gasteiger partial charge in [0.2, 0.25) is 0 Å². The molecule has 0 spiro atoms. The highest BCUT2D eigenvalue weighted by molar-refractivity contribution is 6.30. The lowest BCUT2D eigenvalue weighted by Gasteiger charge is -2.24. The number of rotatable bonds is 4. The van der Waals surface area contributed by atoms with Crippen LogP contribution in [0.1, 0.15) is 11.6 Å². The van der Waals surface area contributed by atoms with E-state index in [-0.39, 0.29) is 6.61 Å². The Morgan fingerprint density at radius 2 is 2.00 bits per heavy atom. The van der Waals surface area contributed by atoms with E-state index in [9.17, 15) is 14.7 Å². The van der Waals surface area contributed by atoms with Crippen molar-refractivity contribution in [3.63, 3.8) is 0 Å². The Kier molecular flexibility index (Phi) is 4.94. The second-order valence-corrected chi connectivity index (χ2v) is 4.70. The number of ether oxygens (including phenoxy) is 2. The summed E-state index contributed by atoms with van der Waals surface area (Å²) >= 11 is 5.75. The van der Waals surface area contributed by atoms with E-state index in [1.807, 2.05) is 0 Å². The van der Waals surface area contributed by atoms with Crippen LogP contribution in [0.5, 0.6) is 0 Å². The molecule has 0 radical (unpaired) electrons. The molecular formula is C13H14ClNO5. The molecule has 2 atom stereocenters. The predicted molar refractivity (Wildman–Crippen MR) is 70.5 cm³/mol. The number of carboxylic acids is 1. The van der Waals surface area contributed by atoms with Gasteiger partial charge in [0.25, 0.3) is 5.91 Å². The lowest BCUT2D eigenvalue weighted by atomic mass is 10.1. The Balaban J connectivity index is 2.07. The number of benzene rings is 1. The molecule has 0 bridgehead atoms. The topological polar surface area (TPSA) is 84.9 Å². The summed E-state index contributed by atoms with van der Waals surface area (Å²) in [6.07, 6.45) is -0.780. The first-order chi connectivity index (χ1) is 9.58. The van der Waals surface area contributed by atoms with Crippen LogP contribution >= 0.6 is 11.6 Å². The molecule has 2 rings (SSSR count). The minimum Gasteiger partial charge on any atom is -0.479 e. The Morgan fingerprint density at radius 3 is 2.55 bits per heavy atom. The average Bonchev–Trinajstić information content (AvgIpc) is 2.46. The van der Waals surface area contributed by atoms with Crippen LogP contribution in [0.25, 0.3) is 0 Å². The van der Waals surface area contributed by atoms with Crippen LogP contribution in [0.4, 0.5) is 0 Å². The van der Waals surface area contributed by atoms with Crippen LogP contribution in [0.2, 0.25) is 5.02 Å². The van der Waals surface area contributed by atoms with Crippen molar-refractivity contribution in [2.45, 2.75) is 12.1 Å². The zero-order valence-electron chi connectivity index (χ0n) is 10.5. The number of carboxylic acid groups (broad SMARTS) is 1. The van der Waals surface area contributed by atoms with Crippen molar-refractivity contribution in [3.8, 4) is 0 Å².